The van der Waals surface area contributed by atoms with Gasteiger partial charge in [-0.05, 0) is 37.1 Å². The van der Waals surface area contributed by atoms with Crippen molar-refractivity contribution in [2.75, 3.05) is 19.0 Å². The first-order valence-corrected chi connectivity index (χ1v) is 8.58. The SMILES string of the molecule is CC(Cc1ccc(Br)cc1)NC(=O)c1cc([N+](=O)[O-])ccc1N(C)C. The zero-order chi connectivity index (χ0) is 18.6. The molecular formula is C18H20BrN3O3. The van der Waals surface area contributed by atoms with Crippen LogP contribution in [0.15, 0.2) is 46.9 Å². The molecular weight excluding hydrogens is 386 g/mol. The van der Waals surface area contributed by atoms with Gasteiger partial charge in [-0.15, -0.1) is 0 Å². The van der Waals surface area contributed by atoms with Gasteiger partial charge in [-0.25, -0.2) is 0 Å². The van der Waals surface area contributed by atoms with Gasteiger partial charge in [-0.2, -0.15) is 0 Å². The first-order valence-electron chi connectivity index (χ1n) is 7.79. The number of non-ortho nitro benzene ring substituents is 1. The van der Waals surface area contributed by atoms with Crippen LogP contribution in [0.5, 0.6) is 0 Å². The Morgan fingerprint density at radius 2 is 1.88 bits per heavy atom. The molecule has 2 rings (SSSR count). The van der Waals surface area contributed by atoms with Gasteiger partial charge in [0, 0.05) is 42.4 Å². The molecule has 1 atom stereocenters. The van der Waals surface area contributed by atoms with Gasteiger partial charge in [0.15, 0.2) is 0 Å². The van der Waals surface area contributed by atoms with Crippen molar-refractivity contribution in [2.24, 2.45) is 0 Å². The number of halogens is 1. The first kappa shape index (κ1) is 18.9. The van der Waals surface area contributed by atoms with E-state index >= 15 is 0 Å². The summed E-state index contributed by atoms with van der Waals surface area (Å²) in [7, 11) is 3.59. The number of nitrogens with zero attached hydrogens (tertiary/aromatic N) is 2. The second-order valence-electron chi connectivity index (χ2n) is 6.06. The van der Waals surface area contributed by atoms with Crippen LogP contribution in [0.1, 0.15) is 22.8 Å². The fraction of sp³-hybridized carbons (Fsp3) is 0.278. The molecule has 0 saturated heterocycles. The number of anilines is 1. The Labute approximate surface area is 155 Å². The van der Waals surface area contributed by atoms with Crippen molar-refractivity contribution in [1.29, 1.82) is 0 Å². The van der Waals surface area contributed by atoms with Crippen LogP contribution in [0.3, 0.4) is 0 Å². The van der Waals surface area contributed by atoms with E-state index in [0.29, 0.717) is 17.7 Å². The Kier molecular flexibility index (Phi) is 6.14. The molecule has 0 radical (unpaired) electrons. The van der Waals surface area contributed by atoms with Crippen molar-refractivity contribution in [3.05, 3.63) is 68.2 Å². The summed E-state index contributed by atoms with van der Waals surface area (Å²) in [6.07, 6.45) is 0.672. The monoisotopic (exact) mass is 405 g/mol. The summed E-state index contributed by atoms with van der Waals surface area (Å²) in [5, 5.41) is 13.9. The minimum absolute atomic E-state index is 0.101. The van der Waals surface area contributed by atoms with Gasteiger partial charge in [-0.3, -0.25) is 14.9 Å². The summed E-state index contributed by atoms with van der Waals surface area (Å²) in [6, 6.07) is 12.1. The number of benzene rings is 2. The molecule has 132 valence electrons. The third-order valence-corrected chi connectivity index (χ3v) is 4.28. The molecule has 0 aromatic heterocycles. The van der Waals surface area contributed by atoms with Gasteiger partial charge in [0.1, 0.15) is 0 Å². The highest BCUT2D eigenvalue weighted by Gasteiger charge is 2.19. The molecule has 1 amide bonds. The Morgan fingerprint density at radius 1 is 1.24 bits per heavy atom. The van der Waals surface area contributed by atoms with Crippen molar-refractivity contribution in [2.45, 2.75) is 19.4 Å². The van der Waals surface area contributed by atoms with Gasteiger partial charge in [0.2, 0.25) is 0 Å². The van der Waals surface area contributed by atoms with Crippen LogP contribution in [0.2, 0.25) is 0 Å². The second-order valence-corrected chi connectivity index (χ2v) is 6.97. The number of nitro benzene ring substituents is 1. The second kappa shape index (κ2) is 8.11. The summed E-state index contributed by atoms with van der Waals surface area (Å²) < 4.78 is 1.00. The van der Waals surface area contributed by atoms with E-state index in [0.717, 1.165) is 10.0 Å². The molecule has 1 N–H and O–H groups in total. The Morgan fingerprint density at radius 3 is 2.44 bits per heavy atom. The molecule has 0 heterocycles. The van der Waals surface area contributed by atoms with Crippen molar-refractivity contribution >= 4 is 33.2 Å². The zero-order valence-electron chi connectivity index (χ0n) is 14.3. The van der Waals surface area contributed by atoms with E-state index in [4.69, 9.17) is 0 Å². The topological polar surface area (TPSA) is 75.5 Å². The number of hydrogen-bond donors (Lipinski definition) is 1. The molecule has 0 aliphatic rings. The Hall–Kier alpha value is -2.41. The van der Waals surface area contributed by atoms with Crippen LogP contribution in [0.4, 0.5) is 11.4 Å². The van der Waals surface area contributed by atoms with E-state index in [-0.39, 0.29) is 17.6 Å². The Bertz CT molecular complexity index is 776. The number of hydrogen-bond acceptors (Lipinski definition) is 4. The summed E-state index contributed by atoms with van der Waals surface area (Å²) in [5.41, 5.74) is 1.93. The summed E-state index contributed by atoms with van der Waals surface area (Å²) in [4.78, 5) is 24.9. The summed E-state index contributed by atoms with van der Waals surface area (Å²) in [6.45, 7) is 1.91. The van der Waals surface area contributed by atoms with Crippen LogP contribution < -0.4 is 10.2 Å². The molecule has 0 bridgehead atoms. The number of carbonyl (C=O) groups is 1. The van der Waals surface area contributed by atoms with Crippen molar-refractivity contribution in [3.63, 3.8) is 0 Å². The quantitative estimate of drug-likeness (QED) is 0.585. The maximum atomic E-state index is 12.6. The molecule has 0 aliphatic carbocycles. The van der Waals surface area contributed by atoms with Gasteiger partial charge < -0.3 is 10.2 Å². The van der Waals surface area contributed by atoms with Crippen LogP contribution in [-0.2, 0) is 6.42 Å². The minimum Gasteiger partial charge on any atom is -0.377 e. The number of amides is 1. The van der Waals surface area contributed by atoms with Crippen LogP contribution in [0, 0.1) is 10.1 Å². The van der Waals surface area contributed by atoms with Crippen molar-refractivity contribution in [3.8, 4) is 0 Å². The largest absolute Gasteiger partial charge is 0.377 e. The number of nitrogens with one attached hydrogen (secondary N) is 1. The van der Waals surface area contributed by atoms with Crippen LogP contribution in [-0.4, -0.2) is 31.0 Å². The standard InChI is InChI=1S/C18H20BrN3O3/c1-12(10-13-4-6-14(19)7-5-13)20-18(23)16-11-15(22(24)25)8-9-17(16)21(2)3/h4-9,11-12H,10H2,1-3H3,(H,20,23). The third kappa shape index (κ3) is 5.03. The number of rotatable bonds is 6. The molecule has 7 heteroatoms. The van der Waals surface area contributed by atoms with Gasteiger partial charge in [0.25, 0.3) is 11.6 Å². The minimum atomic E-state index is -0.499. The zero-order valence-corrected chi connectivity index (χ0v) is 15.9. The molecule has 25 heavy (non-hydrogen) atoms. The summed E-state index contributed by atoms with van der Waals surface area (Å²) in [5.74, 6) is -0.322. The lowest BCUT2D eigenvalue weighted by Crippen LogP contribution is -2.35. The first-order chi connectivity index (χ1) is 11.8. The summed E-state index contributed by atoms with van der Waals surface area (Å²) >= 11 is 3.39. The maximum Gasteiger partial charge on any atom is 0.270 e. The molecule has 0 saturated carbocycles. The normalized spacial score (nSPS) is 11.7. The van der Waals surface area contributed by atoms with Gasteiger partial charge in [-0.1, -0.05) is 28.1 Å². The molecule has 2 aromatic carbocycles. The van der Waals surface area contributed by atoms with Gasteiger partial charge >= 0.3 is 0 Å². The van der Waals surface area contributed by atoms with E-state index in [9.17, 15) is 14.9 Å². The predicted molar refractivity (Wildman–Crippen MR) is 102 cm³/mol. The van der Waals surface area contributed by atoms with Crippen LogP contribution in [0.25, 0.3) is 0 Å². The van der Waals surface area contributed by atoms with E-state index in [1.807, 2.05) is 31.2 Å². The van der Waals surface area contributed by atoms with E-state index in [1.54, 1.807) is 25.1 Å². The van der Waals surface area contributed by atoms with E-state index in [2.05, 4.69) is 21.2 Å². The van der Waals surface area contributed by atoms with E-state index in [1.165, 1.54) is 12.1 Å². The lowest BCUT2D eigenvalue weighted by Gasteiger charge is -2.19. The lowest BCUT2D eigenvalue weighted by molar-refractivity contribution is -0.384. The average molecular weight is 406 g/mol. The molecule has 0 aliphatic heterocycles. The van der Waals surface area contributed by atoms with Crippen LogP contribution >= 0.6 is 15.9 Å². The molecule has 1 unspecified atom stereocenters. The highest BCUT2D eigenvalue weighted by molar-refractivity contribution is 9.10. The smallest absolute Gasteiger partial charge is 0.270 e. The number of nitro groups is 1. The lowest BCUT2D eigenvalue weighted by atomic mass is 10.1. The predicted octanol–water partition coefficient (Wildman–Crippen LogP) is 3.78. The fourth-order valence-electron chi connectivity index (χ4n) is 2.54. The maximum absolute atomic E-state index is 12.6. The van der Waals surface area contributed by atoms with Crippen molar-refractivity contribution in [1.82, 2.24) is 5.32 Å². The Balaban J connectivity index is 2.17. The molecule has 0 spiro atoms. The molecule has 6 nitrogen and oxygen atoms in total. The highest BCUT2D eigenvalue weighted by Crippen LogP contribution is 2.24. The average Bonchev–Trinajstić information content (AvgIpc) is 2.56. The third-order valence-electron chi connectivity index (χ3n) is 3.75. The van der Waals surface area contributed by atoms with Crippen molar-refractivity contribution < 1.29 is 9.72 Å². The molecule has 2 aromatic rings. The highest BCUT2D eigenvalue weighted by atomic mass is 79.9. The fourth-order valence-corrected chi connectivity index (χ4v) is 2.80. The molecule has 0 fully saturated rings. The number of carbonyl (C=O) groups excluding carboxylic acids is 1. The van der Waals surface area contributed by atoms with E-state index < -0.39 is 4.92 Å². The van der Waals surface area contributed by atoms with Gasteiger partial charge in [0.05, 0.1) is 10.5 Å².